The van der Waals surface area contributed by atoms with E-state index in [1.165, 1.54) is 21.9 Å². The summed E-state index contributed by atoms with van der Waals surface area (Å²) in [4.78, 5) is 13.2. The number of hydrogen-bond acceptors (Lipinski definition) is 3. The van der Waals surface area contributed by atoms with Crippen LogP contribution in [0.15, 0.2) is 77.3 Å². The second-order valence-corrected chi connectivity index (χ2v) is 8.65. The quantitative estimate of drug-likeness (QED) is 0.433. The van der Waals surface area contributed by atoms with Gasteiger partial charge in [0.2, 0.25) is 0 Å². The number of ether oxygens (including phenoxy) is 1. The van der Waals surface area contributed by atoms with Gasteiger partial charge in [-0.25, -0.2) is 0 Å². The van der Waals surface area contributed by atoms with Gasteiger partial charge in [-0.1, -0.05) is 58.9 Å². The van der Waals surface area contributed by atoms with E-state index in [1.54, 1.807) is 6.08 Å². The molecular weight excluding hydrogens is 438 g/mol. The Morgan fingerprint density at radius 2 is 2.00 bits per heavy atom. The van der Waals surface area contributed by atoms with Crippen molar-refractivity contribution in [3.05, 3.63) is 88.4 Å². The van der Waals surface area contributed by atoms with Gasteiger partial charge < -0.3 is 10.1 Å². The number of hydrogen-bond donors (Lipinski definition) is 1. The van der Waals surface area contributed by atoms with Crippen LogP contribution in [0.1, 0.15) is 36.4 Å². The Morgan fingerprint density at radius 1 is 1.13 bits per heavy atom. The zero-order valence-electron chi connectivity index (χ0n) is 16.6. The van der Waals surface area contributed by atoms with E-state index in [0.29, 0.717) is 13.0 Å². The Balaban J connectivity index is 1.74. The van der Waals surface area contributed by atoms with Crippen LogP contribution in [0.3, 0.4) is 0 Å². The van der Waals surface area contributed by atoms with Crippen LogP contribution in [-0.2, 0) is 4.79 Å². The molecular formula is C26H22BrNO2. The molecule has 4 heteroatoms. The summed E-state index contributed by atoms with van der Waals surface area (Å²) in [6, 6.07) is 18.4. The average molecular weight is 460 g/mol. The minimum atomic E-state index is -0.237. The third-order valence-electron chi connectivity index (χ3n) is 5.91. The van der Waals surface area contributed by atoms with Gasteiger partial charge in [0.15, 0.2) is 5.78 Å². The number of Topliss-reactive ketones (excluding diaryl/α,β-unsaturated/α-hetero) is 1. The third kappa shape index (κ3) is 3.16. The highest BCUT2D eigenvalue weighted by molar-refractivity contribution is 9.10. The fourth-order valence-corrected chi connectivity index (χ4v) is 5.04. The number of benzene rings is 3. The van der Waals surface area contributed by atoms with Gasteiger partial charge >= 0.3 is 0 Å². The number of carbonyl (C=O) groups excluding carboxylic acids is 1. The fraction of sp³-hybridized carbons (Fsp3) is 0.192. The summed E-state index contributed by atoms with van der Waals surface area (Å²) in [6.45, 7) is 4.18. The first-order valence-electron chi connectivity index (χ1n) is 10.3. The summed E-state index contributed by atoms with van der Waals surface area (Å²) in [5, 5.41) is 6.06. The molecule has 0 radical (unpaired) electrons. The summed E-state index contributed by atoms with van der Waals surface area (Å²) >= 11 is 3.59. The normalized spacial score (nSPS) is 17.9. The summed E-state index contributed by atoms with van der Waals surface area (Å²) in [5.74, 6) is 0.993. The summed E-state index contributed by atoms with van der Waals surface area (Å²) in [6.07, 6.45) is 4.13. The molecule has 0 saturated heterocycles. The van der Waals surface area contributed by atoms with Gasteiger partial charge in [0, 0.05) is 33.3 Å². The van der Waals surface area contributed by atoms with Gasteiger partial charge in [0.1, 0.15) is 12.4 Å². The number of carbonyl (C=O) groups is 1. The minimum Gasteiger partial charge on any atom is -0.489 e. The molecule has 0 spiro atoms. The molecule has 2 aliphatic rings. The van der Waals surface area contributed by atoms with Crippen LogP contribution in [-0.4, -0.2) is 12.4 Å². The van der Waals surface area contributed by atoms with E-state index < -0.39 is 0 Å². The van der Waals surface area contributed by atoms with E-state index in [0.717, 1.165) is 39.9 Å². The second kappa shape index (κ2) is 7.77. The number of rotatable bonds is 4. The highest BCUT2D eigenvalue weighted by Gasteiger charge is 2.36. The van der Waals surface area contributed by atoms with Crippen molar-refractivity contribution in [2.45, 2.75) is 25.3 Å². The lowest BCUT2D eigenvalue weighted by Crippen LogP contribution is -2.27. The first kappa shape index (κ1) is 19.1. The fourth-order valence-electron chi connectivity index (χ4n) is 4.66. The molecule has 1 N–H and O–H groups in total. The highest BCUT2D eigenvalue weighted by Crippen LogP contribution is 2.49. The standard InChI is InChI=1S/C26H22BrNO2/c1-2-14-30-23-13-11-17(27)15-20(23)26-25-19(8-5-9-22(25)29)24-18-7-4-3-6-16(18)10-12-21(24)28-26/h2-4,6-7,10-13,15,26,28H,1,5,8-9,14H2/t26-/m0/s1. The molecule has 3 nitrogen and oxygen atoms in total. The molecule has 30 heavy (non-hydrogen) atoms. The molecule has 1 atom stereocenters. The second-order valence-electron chi connectivity index (χ2n) is 7.74. The molecule has 1 heterocycles. The van der Waals surface area contributed by atoms with E-state index in [1.807, 2.05) is 12.1 Å². The average Bonchev–Trinajstić information content (AvgIpc) is 2.77. The lowest BCUT2D eigenvalue weighted by atomic mass is 9.76. The maximum absolute atomic E-state index is 13.2. The molecule has 0 bridgehead atoms. The summed E-state index contributed by atoms with van der Waals surface area (Å²) in [5.41, 5.74) is 5.27. The van der Waals surface area contributed by atoms with Crippen molar-refractivity contribution in [3.63, 3.8) is 0 Å². The first-order chi connectivity index (χ1) is 14.7. The van der Waals surface area contributed by atoms with Crippen molar-refractivity contribution in [2.24, 2.45) is 0 Å². The molecule has 0 fully saturated rings. The zero-order chi connectivity index (χ0) is 20.7. The molecule has 1 aliphatic carbocycles. The number of anilines is 1. The van der Waals surface area contributed by atoms with Crippen molar-refractivity contribution in [1.82, 2.24) is 0 Å². The van der Waals surface area contributed by atoms with Crippen LogP contribution < -0.4 is 10.1 Å². The van der Waals surface area contributed by atoms with E-state index in [9.17, 15) is 4.79 Å². The lowest BCUT2D eigenvalue weighted by Gasteiger charge is -2.35. The van der Waals surface area contributed by atoms with Crippen LogP contribution in [0.4, 0.5) is 5.69 Å². The molecule has 1 aliphatic heterocycles. The Bertz CT molecular complexity index is 1210. The van der Waals surface area contributed by atoms with Crippen LogP contribution in [0.5, 0.6) is 5.75 Å². The lowest BCUT2D eigenvalue weighted by molar-refractivity contribution is -0.116. The Labute approximate surface area is 184 Å². The molecule has 0 aromatic heterocycles. The van der Waals surface area contributed by atoms with Gasteiger partial charge in [0.25, 0.3) is 0 Å². The maximum Gasteiger partial charge on any atom is 0.161 e. The Morgan fingerprint density at radius 3 is 2.87 bits per heavy atom. The topological polar surface area (TPSA) is 38.3 Å². The van der Waals surface area contributed by atoms with Gasteiger partial charge in [-0.05, 0) is 53.5 Å². The molecule has 3 aromatic rings. The maximum atomic E-state index is 13.2. The van der Waals surface area contributed by atoms with Gasteiger partial charge in [0.05, 0.1) is 6.04 Å². The molecule has 5 rings (SSSR count). The SMILES string of the molecule is C=CCOc1ccc(Br)cc1[C@@H]1Nc2ccc3ccccc3c2C2=C1C(=O)CCC2. The highest BCUT2D eigenvalue weighted by atomic mass is 79.9. The van der Waals surface area contributed by atoms with E-state index >= 15 is 0 Å². The number of nitrogens with one attached hydrogen (secondary N) is 1. The summed E-state index contributed by atoms with van der Waals surface area (Å²) < 4.78 is 6.91. The third-order valence-corrected chi connectivity index (χ3v) is 6.41. The smallest absolute Gasteiger partial charge is 0.161 e. The van der Waals surface area contributed by atoms with Crippen LogP contribution >= 0.6 is 15.9 Å². The largest absolute Gasteiger partial charge is 0.489 e. The van der Waals surface area contributed by atoms with Crippen LogP contribution in [0, 0.1) is 0 Å². The van der Waals surface area contributed by atoms with Crippen LogP contribution in [0.25, 0.3) is 16.3 Å². The molecule has 0 saturated carbocycles. The molecule has 0 amide bonds. The monoisotopic (exact) mass is 459 g/mol. The molecule has 0 unspecified atom stereocenters. The van der Waals surface area contributed by atoms with Gasteiger partial charge in [-0.3, -0.25) is 4.79 Å². The van der Waals surface area contributed by atoms with Crippen molar-refractivity contribution in [2.75, 3.05) is 11.9 Å². The Kier molecular flexibility index (Phi) is 4.95. The van der Waals surface area contributed by atoms with Crippen molar-refractivity contribution in [1.29, 1.82) is 0 Å². The van der Waals surface area contributed by atoms with Gasteiger partial charge in [-0.2, -0.15) is 0 Å². The molecule has 150 valence electrons. The predicted octanol–water partition coefficient (Wildman–Crippen LogP) is 6.84. The number of halogens is 1. The number of fused-ring (bicyclic) bond motifs is 4. The van der Waals surface area contributed by atoms with E-state index in [-0.39, 0.29) is 11.8 Å². The van der Waals surface area contributed by atoms with Crippen molar-refractivity contribution in [3.8, 4) is 5.75 Å². The first-order valence-corrected chi connectivity index (χ1v) is 11.0. The number of ketones is 1. The zero-order valence-corrected chi connectivity index (χ0v) is 18.2. The van der Waals surface area contributed by atoms with E-state index in [2.05, 4.69) is 70.3 Å². The van der Waals surface area contributed by atoms with Crippen molar-refractivity contribution < 1.29 is 9.53 Å². The van der Waals surface area contributed by atoms with Crippen LogP contribution in [0.2, 0.25) is 0 Å². The van der Waals surface area contributed by atoms with Crippen molar-refractivity contribution >= 4 is 43.7 Å². The molecule has 3 aromatic carbocycles. The predicted molar refractivity (Wildman–Crippen MR) is 126 cm³/mol. The summed E-state index contributed by atoms with van der Waals surface area (Å²) in [7, 11) is 0. The Hall–Kier alpha value is -2.85. The number of allylic oxidation sites excluding steroid dienone is 1. The van der Waals surface area contributed by atoms with E-state index in [4.69, 9.17) is 4.74 Å². The van der Waals surface area contributed by atoms with Gasteiger partial charge in [-0.15, -0.1) is 0 Å². The minimum absolute atomic E-state index is 0.224.